The van der Waals surface area contributed by atoms with Gasteiger partial charge in [-0.05, 0) is 64.1 Å². The average molecular weight is 395 g/mol. The van der Waals surface area contributed by atoms with Crippen molar-refractivity contribution in [2.45, 2.75) is 46.8 Å². The summed E-state index contributed by atoms with van der Waals surface area (Å²) in [5.74, 6) is 1.46. The monoisotopic (exact) mass is 395 g/mol. The van der Waals surface area contributed by atoms with Crippen LogP contribution in [0, 0.1) is 0 Å². The van der Waals surface area contributed by atoms with Crippen LogP contribution in [-0.4, -0.2) is 18.1 Å². The van der Waals surface area contributed by atoms with Crippen molar-refractivity contribution in [1.29, 1.82) is 0 Å². The minimum absolute atomic E-state index is 0.00627. The molecule has 6 heteroatoms. The Bertz CT molecular complexity index is 1100. The number of carbonyl (C=O) groups is 1. The lowest BCUT2D eigenvalue weighted by molar-refractivity contribution is -0.114. The van der Waals surface area contributed by atoms with Crippen LogP contribution in [-0.2, 0) is 4.79 Å². The van der Waals surface area contributed by atoms with E-state index in [0.29, 0.717) is 39.5 Å². The molecule has 1 amide bonds. The number of anilines is 1. The second-order valence-corrected chi connectivity index (χ2v) is 7.36. The van der Waals surface area contributed by atoms with Crippen LogP contribution in [0.25, 0.3) is 22.3 Å². The van der Waals surface area contributed by atoms with Crippen molar-refractivity contribution in [1.82, 2.24) is 0 Å². The zero-order chi connectivity index (χ0) is 21.1. The summed E-state index contributed by atoms with van der Waals surface area (Å²) in [7, 11) is 0. The van der Waals surface area contributed by atoms with Gasteiger partial charge >= 0.3 is 0 Å². The molecule has 0 fully saturated rings. The number of hydrogen-bond acceptors (Lipinski definition) is 5. The highest BCUT2D eigenvalue weighted by Crippen LogP contribution is 2.34. The Morgan fingerprint density at radius 1 is 0.931 bits per heavy atom. The van der Waals surface area contributed by atoms with Crippen LogP contribution in [0.1, 0.15) is 34.6 Å². The minimum Gasteiger partial charge on any atom is -0.487 e. The summed E-state index contributed by atoms with van der Waals surface area (Å²) >= 11 is 0. The lowest BCUT2D eigenvalue weighted by Gasteiger charge is -2.18. The van der Waals surface area contributed by atoms with Gasteiger partial charge in [0.2, 0.25) is 5.91 Å². The fourth-order valence-corrected chi connectivity index (χ4v) is 2.94. The van der Waals surface area contributed by atoms with Gasteiger partial charge in [-0.2, -0.15) is 0 Å². The van der Waals surface area contributed by atoms with Crippen molar-refractivity contribution in [3.63, 3.8) is 0 Å². The van der Waals surface area contributed by atoms with Crippen LogP contribution in [0.2, 0.25) is 0 Å². The molecule has 0 atom stereocenters. The summed E-state index contributed by atoms with van der Waals surface area (Å²) in [6.45, 7) is 9.19. The Labute approximate surface area is 169 Å². The fraction of sp³-hybridized carbons (Fsp3) is 0.304. The third kappa shape index (κ3) is 4.96. The zero-order valence-corrected chi connectivity index (χ0v) is 17.2. The molecule has 0 aliphatic heterocycles. The summed E-state index contributed by atoms with van der Waals surface area (Å²) in [5.41, 5.74) is 1.51. The first-order chi connectivity index (χ1) is 13.7. The van der Waals surface area contributed by atoms with E-state index in [1.165, 1.54) is 13.0 Å². The minimum atomic E-state index is -0.202. The summed E-state index contributed by atoms with van der Waals surface area (Å²) in [6, 6.07) is 11.9. The molecule has 6 nitrogen and oxygen atoms in total. The normalized spacial score (nSPS) is 11.1. The summed E-state index contributed by atoms with van der Waals surface area (Å²) in [6.07, 6.45) is -0.0256. The number of fused-ring (bicyclic) bond motifs is 1. The molecule has 0 aliphatic rings. The number of amides is 1. The van der Waals surface area contributed by atoms with Gasteiger partial charge in [0, 0.05) is 24.2 Å². The molecule has 152 valence electrons. The van der Waals surface area contributed by atoms with E-state index < -0.39 is 0 Å². The van der Waals surface area contributed by atoms with Crippen molar-refractivity contribution < 1.29 is 18.7 Å². The second kappa shape index (κ2) is 8.39. The molecule has 0 radical (unpaired) electrons. The zero-order valence-electron chi connectivity index (χ0n) is 17.2. The Morgan fingerprint density at radius 3 is 2.28 bits per heavy atom. The van der Waals surface area contributed by atoms with Crippen molar-refractivity contribution in [2.75, 3.05) is 5.32 Å². The maximum Gasteiger partial charge on any atom is 0.221 e. The van der Waals surface area contributed by atoms with Crippen LogP contribution in [0.15, 0.2) is 51.7 Å². The van der Waals surface area contributed by atoms with Crippen LogP contribution in [0.3, 0.4) is 0 Å². The highest BCUT2D eigenvalue weighted by atomic mass is 16.5. The molecule has 3 rings (SSSR count). The average Bonchev–Trinajstić information content (AvgIpc) is 2.62. The number of nitrogens with one attached hydrogen (secondary N) is 1. The molecule has 3 aromatic rings. The van der Waals surface area contributed by atoms with E-state index in [1.807, 2.05) is 45.9 Å². The van der Waals surface area contributed by atoms with Gasteiger partial charge in [-0.1, -0.05) is 0 Å². The smallest absolute Gasteiger partial charge is 0.221 e. The topological polar surface area (TPSA) is 77.8 Å². The maximum absolute atomic E-state index is 12.7. The second-order valence-electron chi connectivity index (χ2n) is 7.36. The Kier molecular flexibility index (Phi) is 5.92. The van der Waals surface area contributed by atoms with E-state index in [0.717, 1.165) is 0 Å². The number of rotatable bonds is 6. The molecule has 1 N–H and O–H groups in total. The quantitative estimate of drug-likeness (QED) is 0.636. The van der Waals surface area contributed by atoms with Crippen molar-refractivity contribution >= 4 is 22.6 Å². The number of benzene rings is 2. The molecule has 29 heavy (non-hydrogen) atoms. The lowest BCUT2D eigenvalue weighted by Crippen LogP contribution is -2.11. The molecule has 1 aromatic heterocycles. The van der Waals surface area contributed by atoms with Crippen molar-refractivity contribution in [3.05, 3.63) is 52.7 Å². The third-order valence-corrected chi connectivity index (χ3v) is 4.00. The molecule has 0 saturated carbocycles. The molecule has 2 aromatic carbocycles. The van der Waals surface area contributed by atoms with Crippen LogP contribution in [0.5, 0.6) is 11.5 Å². The van der Waals surface area contributed by atoms with Gasteiger partial charge in [0.15, 0.2) is 16.9 Å². The van der Waals surface area contributed by atoms with E-state index in [4.69, 9.17) is 13.9 Å². The maximum atomic E-state index is 12.7. The molecule has 1 heterocycles. The van der Waals surface area contributed by atoms with E-state index in [1.54, 1.807) is 18.2 Å². The van der Waals surface area contributed by atoms with Gasteiger partial charge in [0.05, 0.1) is 17.6 Å². The number of ether oxygens (including phenoxy) is 2. The van der Waals surface area contributed by atoms with Gasteiger partial charge in [-0.15, -0.1) is 0 Å². The van der Waals surface area contributed by atoms with E-state index in [-0.39, 0.29) is 23.5 Å². The largest absolute Gasteiger partial charge is 0.487 e. The Morgan fingerprint density at radius 2 is 1.62 bits per heavy atom. The van der Waals surface area contributed by atoms with Crippen molar-refractivity contribution in [3.8, 4) is 22.8 Å². The first-order valence-corrected chi connectivity index (χ1v) is 9.56. The van der Waals surface area contributed by atoms with Gasteiger partial charge in [-0.25, -0.2) is 0 Å². The first kappa shape index (κ1) is 20.5. The Balaban J connectivity index is 2.05. The number of carbonyl (C=O) groups excluding carboxylic acids is 1. The highest BCUT2D eigenvalue weighted by Gasteiger charge is 2.14. The first-order valence-electron chi connectivity index (χ1n) is 9.56. The van der Waals surface area contributed by atoms with E-state index >= 15 is 0 Å². The molecule has 0 bridgehead atoms. The van der Waals surface area contributed by atoms with Gasteiger partial charge in [0.1, 0.15) is 11.3 Å². The van der Waals surface area contributed by atoms with E-state index in [9.17, 15) is 9.59 Å². The molecule has 0 spiro atoms. The highest BCUT2D eigenvalue weighted by molar-refractivity contribution is 5.92. The molecule has 0 saturated heterocycles. The van der Waals surface area contributed by atoms with Gasteiger partial charge in [0.25, 0.3) is 0 Å². The SMILES string of the molecule is CC(=O)Nc1ccc2oc(-c3ccc(OC(C)C)c(OC(C)C)c3)cc(=O)c2c1. The summed E-state index contributed by atoms with van der Waals surface area (Å²) in [5, 5.41) is 3.07. The fourth-order valence-electron chi connectivity index (χ4n) is 2.94. The molecular weight excluding hydrogens is 370 g/mol. The molecule has 0 unspecified atom stereocenters. The van der Waals surface area contributed by atoms with Crippen LogP contribution in [0.4, 0.5) is 5.69 Å². The van der Waals surface area contributed by atoms with Crippen LogP contribution < -0.4 is 20.2 Å². The van der Waals surface area contributed by atoms with E-state index in [2.05, 4.69) is 5.32 Å². The standard InChI is InChI=1S/C23H25NO5/c1-13(2)27-21-8-6-16(10-23(21)28-14(3)4)22-12-19(26)18-11-17(24-15(5)25)7-9-20(18)29-22/h6-14H,1-5H3,(H,24,25). The van der Waals surface area contributed by atoms with Gasteiger partial charge < -0.3 is 19.2 Å². The summed E-state index contributed by atoms with van der Waals surface area (Å²) < 4.78 is 17.7. The third-order valence-electron chi connectivity index (χ3n) is 4.00. The van der Waals surface area contributed by atoms with Crippen molar-refractivity contribution in [2.24, 2.45) is 0 Å². The Hall–Kier alpha value is -3.28. The number of hydrogen-bond donors (Lipinski definition) is 1. The van der Waals surface area contributed by atoms with Gasteiger partial charge in [-0.3, -0.25) is 9.59 Å². The summed E-state index contributed by atoms with van der Waals surface area (Å²) in [4.78, 5) is 23.9. The predicted molar refractivity (Wildman–Crippen MR) is 114 cm³/mol. The van der Waals surface area contributed by atoms with Crippen LogP contribution >= 0.6 is 0 Å². The molecule has 0 aliphatic carbocycles. The molecular formula is C23H25NO5. The predicted octanol–water partition coefficient (Wildman–Crippen LogP) is 4.99. The lowest BCUT2D eigenvalue weighted by atomic mass is 10.1.